The van der Waals surface area contributed by atoms with Crippen molar-refractivity contribution in [1.29, 1.82) is 0 Å². The lowest BCUT2D eigenvalue weighted by Gasteiger charge is -2.55. The predicted molar refractivity (Wildman–Crippen MR) is 59.6 cm³/mol. The first-order valence-electron chi connectivity index (χ1n) is 6.34. The van der Waals surface area contributed by atoms with Gasteiger partial charge in [0.15, 0.2) is 0 Å². The Bertz CT molecular complexity index is 331. The first-order valence-corrected chi connectivity index (χ1v) is 6.34. The molecule has 96 valence electrons. The number of aliphatic hydroxyl groups is 1. The number of carboxylic acid groups (broad SMARTS) is 1. The molecule has 2 N–H and O–H groups in total. The van der Waals surface area contributed by atoms with Gasteiger partial charge in [-0.1, -0.05) is 0 Å². The highest BCUT2D eigenvalue weighted by atomic mass is 16.5. The zero-order chi connectivity index (χ0) is 12.1. The molecule has 0 saturated carbocycles. The highest BCUT2D eigenvalue weighted by Gasteiger charge is 2.64. The summed E-state index contributed by atoms with van der Waals surface area (Å²) >= 11 is 0. The fourth-order valence-corrected chi connectivity index (χ4v) is 3.84. The number of carboxylic acids is 1. The summed E-state index contributed by atoms with van der Waals surface area (Å²) in [5.41, 5.74) is -2.19. The molecule has 2 atom stereocenters. The van der Waals surface area contributed by atoms with Gasteiger partial charge >= 0.3 is 5.97 Å². The van der Waals surface area contributed by atoms with Crippen molar-refractivity contribution < 1.29 is 19.7 Å². The van der Waals surface area contributed by atoms with Crippen LogP contribution in [0.25, 0.3) is 0 Å². The molecule has 4 aliphatic heterocycles. The molecule has 4 rings (SSSR count). The highest BCUT2D eigenvalue weighted by molar-refractivity contribution is 5.77. The summed E-state index contributed by atoms with van der Waals surface area (Å²) in [6.07, 6.45) is 2.25. The van der Waals surface area contributed by atoms with E-state index in [1.165, 1.54) is 0 Å². The number of rotatable bonds is 2. The average molecular weight is 241 g/mol. The molecule has 4 heterocycles. The van der Waals surface area contributed by atoms with E-state index in [0.717, 1.165) is 25.9 Å². The number of aliphatic carboxylic acids is 1. The average Bonchev–Trinajstić information content (AvgIpc) is 2.80. The van der Waals surface area contributed by atoms with Crippen molar-refractivity contribution in [3.05, 3.63) is 0 Å². The Kier molecular flexibility index (Phi) is 2.47. The standard InChI is InChI=1S/C12H19NO4/c14-10(15)11(3-6-17-8-11)12(16)7-13-4-1-9(12)2-5-13/h9,16H,1-8H2,(H,14,15). The van der Waals surface area contributed by atoms with E-state index in [-0.39, 0.29) is 12.5 Å². The summed E-state index contributed by atoms with van der Waals surface area (Å²) in [5.74, 6) is -0.781. The quantitative estimate of drug-likeness (QED) is 0.708. The Morgan fingerprint density at radius 1 is 1.35 bits per heavy atom. The highest BCUT2D eigenvalue weighted by Crippen LogP contribution is 2.50. The van der Waals surface area contributed by atoms with Gasteiger partial charge in [0, 0.05) is 13.2 Å². The van der Waals surface area contributed by atoms with Crippen LogP contribution in [0.2, 0.25) is 0 Å². The molecule has 4 saturated heterocycles. The molecule has 4 aliphatic rings. The zero-order valence-corrected chi connectivity index (χ0v) is 9.89. The third-order valence-electron chi connectivity index (χ3n) is 4.99. The van der Waals surface area contributed by atoms with Crippen LogP contribution < -0.4 is 0 Å². The lowest BCUT2D eigenvalue weighted by Crippen LogP contribution is -2.69. The topological polar surface area (TPSA) is 70.0 Å². The van der Waals surface area contributed by atoms with Crippen molar-refractivity contribution in [3.8, 4) is 0 Å². The number of hydrogen-bond acceptors (Lipinski definition) is 4. The minimum absolute atomic E-state index is 0.116. The Morgan fingerprint density at radius 2 is 2.06 bits per heavy atom. The number of hydrogen-bond donors (Lipinski definition) is 2. The molecule has 2 unspecified atom stereocenters. The van der Waals surface area contributed by atoms with Crippen LogP contribution in [-0.4, -0.2) is 59.5 Å². The Labute approximate surface area is 100 Å². The largest absolute Gasteiger partial charge is 0.481 e. The van der Waals surface area contributed by atoms with Crippen molar-refractivity contribution >= 4 is 5.97 Å². The molecule has 0 aromatic heterocycles. The molecule has 17 heavy (non-hydrogen) atoms. The maximum atomic E-state index is 11.6. The monoisotopic (exact) mass is 241 g/mol. The first-order chi connectivity index (χ1) is 8.08. The minimum atomic E-state index is -1.11. The minimum Gasteiger partial charge on any atom is -0.481 e. The molecule has 4 fully saturated rings. The van der Waals surface area contributed by atoms with Crippen LogP contribution in [-0.2, 0) is 9.53 Å². The summed E-state index contributed by atoms with van der Waals surface area (Å²) in [5, 5.41) is 20.5. The van der Waals surface area contributed by atoms with Gasteiger partial charge in [-0.25, -0.2) is 0 Å². The van der Waals surface area contributed by atoms with Gasteiger partial charge in [-0.2, -0.15) is 0 Å². The van der Waals surface area contributed by atoms with Crippen molar-refractivity contribution in [2.75, 3.05) is 32.8 Å². The fourth-order valence-electron chi connectivity index (χ4n) is 3.84. The molecule has 0 aromatic rings. The van der Waals surface area contributed by atoms with E-state index in [1.807, 2.05) is 0 Å². The molecule has 0 spiro atoms. The summed E-state index contributed by atoms with van der Waals surface area (Å²) in [7, 11) is 0. The Morgan fingerprint density at radius 3 is 2.47 bits per heavy atom. The van der Waals surface area contributed by atoms with Gasteiger partial charge in [0.25, 0.3) is 0 Å². The van der Waals surface area contributed by atoms with Gasteiger partial charge < -0.3 is 19.8 Å². The van der Waals surface area contributed by atoms with Gasteiger partial charge in [-0.05, 0) is 38.3 Å². The van der Waals surface area contributed by atoms with Crippen LogP contribution >= 0.6 is 0 Å². The lowest BCUT2D eigenvalue weighted by molar-refractivity contribution is -0.204. The van der Waals surface area contributed by atoms with Crippen LogP contribution in [0, 0.1) is 11.3 Å². The van der Waals surface area contributed by atoms with Crippen molar-refractivity contribution in [2.45, 2.75) is 24.9 Å². The lowest BCUT2D eigenvalue weighted by atomic mass is 9.60. The van der Waals surface area contributed by atoms with Crippen molar-refractivity contribution in [1.82, 2.24) is 4.90 Å². The normalized spacial score (nSPS) is 49.5. The molecular weight excluding hydrogens is 222 g/mol. The second-order valence-corrected chi connectivity index (χ2v) is 5.66. The maximum Gasteiger partial charge on any atom is 0.315 e. The van der Waals surface area contributed by atoms with Gasteiger partial charge in [-0.3, -0.25) is 4.79 Å². The van der Waals surface area contributed by atoms with Crippen LogP contribution in [0.1, 0.15) is 19.3 Å². The molecule has 2 bridgehead atoms. The molecule has 0 aromatic carbocycles. The van der Waals surface area contributed by atoms with Crippen molar-refractivity contribution in [3.63, 3.8) is 0 Å². The molecular formula is C12H19NO4. The van der Waals surface area contributed by atoms with E-state index >= 15 is 0 Å². The number of carbonyl (C=O) groups is 1. The fraction of sp³-hybridized carbons (Fsp3) is 0.917. The molecule has 0 aliphatic carbocycles. The van der Waals surface area contributed by atoms with Crippen LogP contribution in [0.15, 0.2) is 0 Å². The maximum absolute atomic E-state index is 11.6. The van der Waals surface area contributed by atoms with Crippen molar-refractivity contribution in [2.24, 2.45) is 11.3 Å². The van der Waals surface area contributed by atoms with E-state index in [1.54, 1.807) is 0 Å². The van der Waals surface area contributed by atoms with Gasteiger partial charge in [0.05, 0.1) is 12.2 Å². The summed E-state index contributed by atoms with van der Waals surface area (Å²) < 4.78 is 5.29. The smallest absolute Gasteiger partial charge is 0.315 e. The molecule has 0 radical (unpaired) electrons. The summed E-state index contributed by atoms with van der Waals surface area (Å²) in [6.45, 7) is 3.07. The number of ether oxygens (including phenoxy) is 1. The van der Waals surface area contributed by atoms with E-state index < -0.39 is 17.0 Å². The third-order valence-corrected chi connectivity index (χ3v) is 4.99. The number of fused-ring (bicyclic) bond motifs is 3. The second-order valence-electron chi connectivity index (χ2n) is 5.66. The van der Waals surface area contributed by atoms with E-state index in [4.69, 9.17) is 4.74 Å². The van der Waals surface area contributed by atoms with Gasteiger partial charge in [0.1, 0.15) is 5.41 Å². The van der Waals surface area contributed by atoms with Crippen LogP contribution in [0.4, 0.5) is 0 Å². The van der Waals surface area contributed by atoms with Crippen LogP contribution in [0.3, 0.4) is 0 Å². The summed E-state index contributed by atoms with van der Waals surface area (Å²) in [4.78, 5) is 13.8. The third kappa shape index (κ3) is 1.39. The molecule has 0 amide bonds. The Hall–Kier alpha value is -0.650. The number of piperidine rings is 3. The number of nitrogens with zero attached hydrogens (tertiary/aromatic N) is 1. The molecule has 5 nitrogen and oxygen atoms in total. The van der Waals surface area contributed by atoms with Crippen LogP contribution in [0.5, 0.6) is 0 Å². The van der Waals surface area contributed by atoms with E-state index in [9.17, 15) is 15.0 Å². The SMILES string of the molecule is O=C(O)C1(C2(O)CN3CCC2CC3)CCOC1. The van der Waals surface area contributed by atoms with E-state index in [2.05, 4.69) is 4.90 Å². The predicted octanol–water partition coefficient (Wildman–Crippen LogP) is -0.0656. The van der Waals surface area contributed by atoms with Gasteiger partial charge in [-0.15, -0.1) is 0 Å². The second kappa shape index (κ2) is 3.67. The molecule has 5 heteroatoms. The Balaban J connectivity index is 1.98. The summed E-state index contributed by atoms with van der Waals surface area (Å²) in [6, 6.07) is 0. The first kappa shape index (κ1) is 11.4. The van der Waals surface area contributed by atoms with Gasteiger partial charge in [0.2, 0.25) is 0 Å². The van der Waals surface area contributed by atoms with E-state index in [0.29, 0.717) is 19.6 Å². The zero-order valence-electron chi connectivity index (χ0n) is 9.89.